The van der Waals surface area contributed by atoms with Crippen LogP contribution in [0.3, 0.4) is 0 Å². The molecule has 1 unspecified atom stereocenters. The van der Waals surface area contributed by atoms with Gasteiger partial charge in [0.2, 0.25) is 11.8 Å². The quantitative estimate of drug-likeness (QED) is 0.334. The molecule has 0 heterocycles. The van der Waals surface area contributed by atoms with E-state index in [1.165, 1.54) is 17.0 Å². The molecule has 2 amide bonds. The minimum absolute atomic E-state index is 0.0894. The zero-order valence-corrected chi connectivity index (χ0v) is 24.2. The third kappa shape index (κ3) is 7.47. The Morgan fingerprint density at radius 2 is 1.49 bits per heavy atom. The number of sulfonamides is 1. The van der Waals surface area contributed by atoms with Gasteiger partial charge in [-0.2, -0.15) is 0 Å². The van der Waals surface area contributed by atoms with Gasteiger partial charge in [-0.25, -0.2) is 8.42 Å². The molecule has 1 N–H and O–H groups in total. The fraction of sp³-hybridized carbons (Fsp3) is 0.355. The van der Waals surface area contributed by atoms with Gasteiger partial charge in [0.15, 0.2) is 0 Å². The maximum atomic E-state index is 14.0. The number of carbonyl (C=O) groups is 2. The van der Waals surface area contributed by atoms with Crippen molar-refractivity contribution in [3.8, 4) is 0 Å². The average molecular weight is 550 g/mol. The Bertz CT molecular complexity index is 1340. The number of likely N-dealkylation sites (N-methyl/N-ethyl adjacent to an activating group) is 1. The van der Waals surface area contributed by atoms with Gasteiger partial charge in [0.1, 0.15) is 12.6 Å². The molecule has 7 nitrogen and oxygen atoms in total. The highest BCUT2D eigenvalue weighted by Gasteiger charge is 2.33. The van der Waals surface area contributed by atoms with Crippen molar-refractivity contribution >= 4 is 27.5 Å². The number of nitrogens with one attached hydrogen (secondary N) is 1. The Morgan fingerprint density at radius 3 is 2.03 bits per heavy atom. The monoisotopic (exact) mass is 549 g/mol. The van der Waals surface area contributed by atoms with E-state index in [2.05, 4.69) is 19.2 Å². The minimum Gasteiger partial charge on any atom is -0.355 e. The first-order valence-electron chi connectivity index (χ1n) is 13.4. The summed E-state index contributed by atoms with van der Waals surface area (Å²) in [6, 6.07) is 22.3. The first kappa shape index (κ1) is 29.9. The number of nitrogens with zero attached hydrogens (tertiary/aromatic N) is 2. The smallest absolute Gasteiger partial charge is 0.264 e. The van der Waals surface area contributed by atoms with E-state index in [0.717, 1.165) is 21.0 Å². The Hall–Kier alpha value is -3.65. The van der Waals surface area contributed by atoms with Crippen LogP contribution in [0.25, 0.3) is 0 Å². The van der Waals surface area contributed by atoms with E-state index < -0.39 is 28.5 Å². The lowest BCUT2D eigenvalue weighted by Gasteiger charge is -2.33. The van der Waals surface area contributed by atoms with E-state index in [9.17, 15) is 18.0 Å². The highest BCUT2D eigenvalue weighted by molar-refractivity contribution is 7.92. The topological polar surface area (TPSA) is 86.8 Å². The van der Waals surface area contributed by atoms with Crippen LogP contribution in [0.4, 0.5) is 5.69 Å². The normalized spacial score (nSPS) is 12.2. The molecule has 1 atom stereocenters. The highest BCUT2D eigenvalue weighted by atomic mass is 32.2. The molecule has 0 aromatic heterocycles. The summed E-state index contributed by atoms with van der Waals surface area (Å²) in [5.41, 5.74) is 3.39. The number of benzene rings is 3. The number of carbonyl (C=O) groups excluding carboxylic acids is 2. The number of aryl methyl sites for hydroxylation is 1. The summed E-state index contributed by atoms with van der Waals surface area (Å²) in [5, 5.41) is 2.82. The third-order valence-electron chi connectivity index (χ3n) is 6.67. The second-order valence-corrected chi connectivity index (χ2v) is 11.8. The molecule has 3 rings (SSSR count). The van der Waals surface area contributed by atoms with Gasteiger partial charge < -0.3 is 10.2 Å². The number of hydrogen-bond acceptors (Lipinski definition) is 4. The Labute approximate surface area is 232 Å². The summed E-state index contributed by atoms with van der Waals surface area (Å²) in [4.78, 5) is 28.6. The van der Waals surface area contributed by atoms with Crippen LogP contribution in [0, 0.1) is 6.92 Å². The van der Waals surface area contributed by atoms with Crippen molar-refractivity contribution in [2.45, 2.75) is 64.4 Å². The van der Waals surface area contributed by atoms with Crippen LogP contribution < -0.4 is 9.62 Å². The van der Waals surface area contributed by atoms with E-state index in [1.807, 2.05) is 57.2 Å². The fourth-order valence-corrected chi connectivity index (χ4v) is 5.81. The molecule has 8 heteroatoms. The molecule has 0 radical (unpaired) electrons. The molecule has 0 aliphatic carbocycles. The first-order valence-corrected chi connectivity index (χ1v) is 14.8. The van der Waals surface area contributed by atoms with Crippen molar-refractivity contribution < 1.29 is 18.0 Å². The first-order chi connectivity index (χ1) is 18.6. The van der Waals surface area contributed by atoms with E-state index in [1.54, 1.807) is 30.3 Å². The van der Waals surface area contributed by atoms with Gasteiger partial charge in [0.25, 0.3) is 10.0 Å². The molecule has 0 saturated carbocycles. The van der Waals surface area contributed by atoms with E-state index in [0.29, 0.717) is 18.7 Å². The number of rotatable bonds is 12. The lowest BCUT2D eigenvalue weighted by molar-refractivity contribution is -0.140. The van der Waals surface area contributed by atoms with Crippen LogP contribution in [0.5, 0.6) is 0 Å². The molecule has 0 spiro atoms. The summed E-state index contributed by atoms with van der Waals surface area (Å²) in [7, 11) is -4.07. The SMILES string of the molecule is CCNC(=O)C(CC)N(Cc1ccc(C)cc1)C(=O)CN(c1ccc(C(C)C)cc1)S(=O)(=O)c1ccccc1. The Kier molecular flexibility index (Phi) is 10.3. The lowest BCUT2D eigenvalue weighted by atomic mass is 10.0. The molecule has 0 bridgehead atoms. The summed E-state index contributed by atoms with van der Waals surface area (Å²) in [6.45, 7) is 9.94. The average Bonchev–Trinajstić information content (AvgIpc) is 2.93. The second kappa shape index (κ2) is 13.4. The third-order valence-corrected chi connectivity index (χ3v) is 8.46. The van der Waals surface area contributed by atoms with Gasteiger partial charge >= 0.3 is 0 Å². The molecule has 208 valence electrons. The predicted octanol–water partition coefficient (Wildman–Crippen LogP) is 5.26. The molecule has 0 aliphatic rings. The summed E-state index contributed by atoms with van der Waals surface area (Å²) >= 11 is 0. The van der Waals surface area contributed by atoms with Crippen LogP contribution >= 0.6 is 0 Å². The molecule has 0 aliphatic heterocycles. The van der Waals surface area contributed by atoms with Crippen molar-refractivity contribution in [3.63, 3.8) is 0 Å². The molecular formula is C31H39N3O4S. The van der Waals surface area contributed by atoms with Gasteiger partial charge in [0, 0.05) is 13.1 Å². The Morgan fingerprint density at radius 1 is 0.872 bits per heavy atom. The van der Waals surface area contributed by atoms with Gasteiger partial charge in [-0.05, 0) is 61.6 Å². The van der Waals surface area contributed by atoms with E-state index in [4.69, 9.17) is 0 Å². The van der Waals surface area contributed by atoms with Crippen molar-refractivity contribution in [1.82, 2.24) is 10.2 Å². The van der Waals surface area contributed by atoms with Gasteiger partial charge in [-0.15, -0.1) is 0 Å². The standard InChI is InChI=1S/C31H39N3O4S/c1-6-29(31(36)32-7-2)33(21-25-15-13-24(5)14-16-25)30(35)22-34(27-19-17-26(18-20-27)23(3)4)39(37,38)28-11-9-8-10-12-28/h8-20,23,29H,6-7,21-22H2,1-5H3,(H,32,36). The van der Waals surface area contributed by atoms with E-state index >= 15 is 0 Å². The van der Waals surface area contributed by atoms with E-state index in [-0.39, 0.29) is 23.3 Å². The summed E-state index contributed by atoms with van der Waals surface area (Å²) in [6.07, 6.45) is 0.387. The zero-order valence-electron chi connectivity index (χ0n) is 23.4. The largest absolute Gasteiger partial charge is 0.355 e. The van der Waals surface area contributed by atoms with Gasteiger partial charge in [-0.3, -0.25) is 13.9 Å². The van der Waals surface area contributed by atoms with Crippen LogP contribution in [-0.4, -0.2) is 44.3 Å². The maximum Gasteiger partial charge on any atom is 0.264 e. The van der Waals surface area contributed by atoms with Crippen molar-refractivity contribution in [3.05, 3.63) is 95.6 Å². The minimum atomic E-state index is -4.07. The molecule has 3 aromatic rings. The van der Waals surface area contributed by atoms with Crippen molar-refractivity contribution in [1.29, 1.82) is 0 Å². The molecule has 39 heavy (non-hydrogen) atoms. The van der Waals surface area contributed by atoms with Gasteiger partial charge in [0.05, 0.1) is 10.6 Å². The van der Waals surface area contributed by atoms with Crippen molar-refractivity contribution in [2.24, 2.45) is 0 Å². The van der Waals surface area contributed by atoms with Gasteiger partial charge in [-0.1, -0.05) is 80.9 Å². The summed E-state index contributed by atoms with van der Waals surface area (Å²) < 4.78 is 28.9. The van der Waals surface area contributed by atoms with Crippen LogP contribution in [0.2, 0.25) is 0 Å². The second-order valence-electron chi connectivity index (χ2n) is 9.90. The Balaban J connectivity index is 2.05. The number of hydrogen-bond donors (Lipinski definition) is 1. The van der Waals surface area contributed by atoms with Crippen LogP contribution in [0.1, 0.15) is 56.7 Å². The highest BCUT2D eigenvalue weighted by Crippen LogP contribution is 2.27. The molecule has 0 saturated heterocycles. The van der Waals surface area contributed by atoms with Crippen molar-refractivity contribution in [2.75, 3.05) is 17.4 Å². The molecule has 3 aromatic carbocycles. The fourth-order valence-electron chi connectivity index (χ4n) is 4.38. The van der Waals surface area contributed by atoms with Crippen LogP contribution in [-0.2, 0) is 26.2 Å². The lowest BCUT2D eigenvalue weighted by Crippen LogP contribution is -2.52. The summed E-state index contributed by atoms with van der Waals surface area (Å²) in [5.74, 6) is -0.451. The van der Waals surface area contributed by atoms with Crippen LogP contribution in [0.15, 0.2) is 83.8 Å². The number of anilines is 1. The molecule has 0 fully saturated rings. The predicted molar refractivity (Wildman–Crippen MR) is 156 cm³/mol. The zero-order chi connectivity index (χ0) is 28.6. The molecular weight excluding hydrogens is 510 g/mol. The number of amides is 2. The maximum absolute atomic E-state index is 14.0.